The standard InChI is InChI=1S/C15H19ClO3/c1-2-3-11-18-14-7-4-13(5-8-14)6-9-15(17)19-12-10-16/h4-9H,2-3,10-12H2,1H3/b9-6+. The van der Waals surface area contributed by atoms with Gasteiger partial charge in [-0.25, -0.2) is 4.79 Å². The smallest absolute Gasteiger partial charge is 0.330 e. The first-order valence-corrected chi connectivity index (χ1v) is 6.93. The third-order valence-corrected chi connectivity index (χ3v) is 2.53. The molecule has 3 nitrogen and oxygen atoms in total. The Balaban J connectivity index is 2.43. The zero-order valence-electron chi connectivity index (χ0n) is 11.1. The molecule has 0 heterocycles. The molecule has 4 heteroatoms. The number of benzene rings is 1. The lowest BCUT2D eigenvalue weighted by atomic mass is 10.2. The van der Waals surface area contributed by atoms with Crippen molar-refractivity contribution < 1.29 is 14.3 Å². The van der Waals surface area contributed by atoms with Gasteiger partial charge in [-0.15, -0.1) is 11.6 Å². The van der Waals surface area contributed by atoms with E-state index in [0.717, 1.165) is 30.8 Å². The number of ether oxygens (including phenoxy) is 2. The summed E-state index contributed by atoms with van der Waals surface area (Å²) in [7, 11) is 0. The van der Waals surface area contributed by atoms with Crippen LogP contribution in [0.15, 0.2) is 30.3 Å². The molecule has 0 aliphatic rings. The van der Waals surface area contributed by atoms with E-state index >= 15 is 0 Å². The molecule has 0 N–H and O–H groups in total. The number of halogens is 1. The van der Waals surface area contributed by atoms with Crippen molar-refractivity contribution in [1.82, 2.24) is 0 Å². The minimum atomic E-state index is -0.385. The van der Waals surface area contributed by atoms with Crippen LogP contribution >= 0.6 is 11.6 Å². The minimum absolute atomic E-state index is 0.231. The summed E-state index contributed by atoms with van der Waals surface area (Å²) in [5, 5.41) is 0. The van der Waals surface area contributed by atoms with E-state index in [2.05, 4.69) is 6.92 Å². The lowest BCUT2D eigenvalue weighted by Gasteiger charge is -2.05. The summed E-state index contributed by atoms with van der Waals surface area (Å²) >= 11 is 5.42. The normalized spacial score (nSPS) is 10.6. The maximum atomic E-state index is 11.2. The number of rotatable bonds is 8. The molecule has 0 saturated heterocycles. The van der Waals surface area contributed by atoms with Gasteiger partial charge in [0.2, 0.25) is 0 Å². The molecule has 19 heavy (non-hydrogen) atoms. The van der Waals surface area contributed by atoms with Crippen LogP contribution in [0.5, 0.6) is 5.75 Å². The van der Waals surface area contributed by atoms with Crippen molar-refractivity contribution in [3.8, 4) is 5.75 Å². The van der Waals surface area contributed by atoms with Gasteiger partial charge in [-0.1, -0.05) is 25.5 Å². The Labute approximate surface area is 119 Å². The van der Waals surface area contributed by atoms with Crippen molar-refractivity contribution in [2.45, 2.75) is 19.8 Å². The molecule has 0 aliphatic heterocycles. The maximum Gasteiger partial charge on any atom is 0.330 e. The third-order valence-electron chi connectivity index (χ3n) is 2.38. The van der Waals surface area contributed by atoms with Crippen LogP contribution < -0.4 is 4.74 Å². The third kappa shape index (κ3) is 6.87. The Bertz CT molecular complexity index is 398. The molecule has 0 atom stereocenters. The fraction of sp³-hybridized carbons (Fsp3) is 0.400. The SMILES string of the molecule is CCCCOc1ccc(/C=C/C(=O)OCCCl)cc1. The first-order valence-electron chi connectivity index (χ1n) is 6.40. The Morgan fingerprint density at radius 3 is 2.63 bits per heavy atom. The molecule has 104 valence electrons. The van der Waals surface area contributed by atoms with Crippen molar-refractivity contribution in [2.75, 3.05) is 19.1 Å². The second-order valence-corrected chi connectivity index (χ2v) is 4.34. The minimum Gasteiger partial charge on any atom is -0.494 e. The largest absolute Gasteiger partial charge is 0.494 e. The number of hydrogen-bond donors (Lipinski definition) is 0. The Morgan fingerprint density at radius 2 is 2.00 bits per heavy atom. The van der Waals surface area contributed by atoms with Gasteiger partial charge in [0.15, 0.2) is 0 Å². The first kappa shape index (κ1) is 15.6. The zero-order valence-corrected chi connectivity index (χ0v) is 11.9. The molecule has 0 aliphatic carbocycles. The Morgan fingerprint density at radius 1 is 1.26 bits per heavy atom. The average molecular weight is 283 g/mol. The monoisotopic (exact) mass is 282 g/mol. The molecule has 0 fully saturated rings. The van der Waals surface area contributed by atoms with Gasteiger partial charge >= 0.3 is 5.97 Å². The molecule has 0 saturated carbocycles. The van der Waals surface area contributed by atoms with E-state index in [-0.39, 0.29) is 12.6 Å². The molecular weight excluding hydrogens is 264 g/mol. The van der Waals surface area contributed by atoms with Crippen molar-refractivity contribution in [1.29, 1.82) is 0 Å². The quantitative estimate of drug-likeness (QED) is 0.316. The second kappa shape index (κ2) is 9.45. The van der Waals surface area contributed by atoms with Crippen LogP contribution in [-0.4, -0.2) is 25.1 Å². The van der Waals surface area contributed by atoms with Crippen molar-refractivity contribution in [3.63, 3.8) is 0 Å². The van der Waals surface area contributed by atoms with Crippen LogP contribution in [0.3, 0.4) is 0 Å². The lowest BCUT2D eigenvalue weighted by molar-refractivity contribution is -0.137. The molecule has 1 rings (SSSR count). The van der Waals surface area contributed by atoms with Crippen LogP contribution in [0.25, 0.3) is 6.08 Å². The topological polar surface area (TPSA) is 35.5 Å². The molecule has 1 aromatic rings. The summed E-state index contributed by atoms with van der Waals surface area (Å²) in [6, 6.07) is 7.57. The molecule has 0 bridgehead atoms. The summed E-state index contributed by atoms with van der Waals surface area (Å²) in [5.74, 6) is 0.767. The molecular formula is C15H19ClO3. The highest BCUT2D eigenvalue weighted by Crippen LogP contribution is 2.13. The van der Waals surface area contributed by atoms with E-state index in [1.807, 2.05) is 24.3 Å². The van der Waals surface area contributed by atoms with Gasteiger partial charge in [-0.05, 0) is 30.2 Å². The number of hydrogen-bond acceptors (Lipinski definition) is 3. The average Bonchev–Trinajstić information content (AvgIpc) is 2.44. The molecule has 0 radical (unpaired) electrons. The number of alkyl halides is 1. The van der Waals surface area contributed by atoms with E-state index in [1.54, 1.807) is 6.08 Å². The number of carbonyl (C=O) groups excluding carboxylic acids is 1. The summed E-state index contributed by atoms with van der Waals surface area (Å²) in [6.45, 7) is 3.09. The van der Waals surface area contributed by atoms with Gasteiger partial charge in [-0.2, -0.15) is 0 Å². The Hall–Kier alpha value is -1.48. The predicted octanol–water partition coefficient (Wildman–Crippen LogP) is 3.66. The molecule has 0 amide bonds. The molecule has 0 unspecified atom stereocenters. The summed E-state index contributed by atoms with van der Waals surface area (Å²) in [5.41, 5.74) is 0.922. The van der Waals surface area contributed by atoms with E-state index in [9.17, 15) is 4.79 Å². The molecule has 0 spiro atoms. The van der Waals surface area contributed by atoms with Crippen LogP contribution in [0.2, 0.25) is 0 Å². The van der Waals surface area contributed by atoms with Gasteiger partial charge in [0, 0.05) is 6.08 Å². The van der Waals surface area contributed by atoms with E-state index in [0.29, 0.717) is 5.88 Å². The van der Waals surface area contributed by atoms with E-state index < -0.39 is 0 Å². The van der Waals surface area contributed by atoms with Crippen LogP contribution in [-0.2, 0) is 9.53 Å². The van der Waals surface area contributed by atoms with Gasteiger partial charge in [0.1, 0.15) is 12.4 Å². The zero-order chi connectivity index (χ0) is 13.9. The van der Waals surface area contributed by atoms with Crippen LogP contribution in [0.1, 0.15) is 25.3 Å². The van der Waals surface area contributed by atoms with Crippen molar-refractivity contribution >= 4 is 23.6 Å². The summed E-state index contributed by atoms with van der Waals surface area (Å²) in [6.07, 6.45) is 5.26. The summed E-state index contributed by atoms with van der Waals surface area (Å²) in [4.78, 5) is 11.2. The fourth-order valence-electron chi connectivity index (χ4n) is 1.36. The van der Waals surface area contributed by atoms with E-state index in [4.69, 9.17) is 21.1 Å². The fourth-order valence-corrected chi connectivity index (χ4v) is 1.44. The number of carbonyl (C=O) groups is 1. The first-order chi connectivity index (χ1) is 9.26. The number of unbranched alkanes of at least 4 members (excludes halogenated alkanes) is 1. The highest BCUT2D eigenvalue weighted by Gasteiger charge is 1.96. The second-order valence-electron chi connectivity index (χ2n) is 3.96. The molecule has 1 aromatic carbocycles. The number of esters is 1. The maximum absolute atomic E-state index is 11.2. The summed E-state index contributed by atoms with van der Waals surface area (Å²) < 4.78 is 10.4. The van der Waals surface area contributed by atoms with Crippen molar-refractivity contribution in [3.05, 3.63) is 35.9 Å². The van der Waals surface area contributed by atoms with Gasteiger partial charge in [0.25, 0.3) is 0 Å². The van der Waals surface area contributed by atoms with Gasteiger partial charge in [-0.3, -0.25) is 0 Å². The lowest BCUT2D eigenvalue weighted by Crippen LogP contribution is -2.02. The van der Waals surface area contributed by atoms with Crippen LogP contribution in [0.4, 0.5) is 0 Å². The van der Waals surface area contributed by atoms with E-state index in [1.165, 1.54) is 6.08 Å². The van der Waals surface area contributed by atoms with Gasteiger partial charge < -0.3 is 9.47 Å². The Kier molecular flexibility index (Phi) is 7.75. The predicted molar refractivity (Wildman–Crippen MR) is 77.6 cm³/mol. The van der Waals surface area contributed by atoms with Crippen molar-refractivity contribution in [2.24, 2.45) is 0 Å². The highest BCUT2D eigenvalue weighted by molar-refractivity contribution is 6.18. The molecule has 0 aromatic heterocycles. The van der Waals surface area contributed by atoms with Crippen LogP contribution in [0, 0.1) is 0 Å². The van der Waals surface area contributed by atoms with Gasteiger partial charge in [0.05, 0.1) is 12.5 Å². The highest BCUT2D eigenvalue weighted by atomic mass is 35.5.